The van der Waals surface area contributed by atoms with Crippen LogP contribution in [0.3, 0.4) is 0 Å². The van der Waals surface area contributed by atoms with Gasteiger partial charge in [0.15, 0.2) is 0 Å². The Morgan fingerprint density at radius 1 is 1.36 bits per heavy atom. The van der Waals surface area contributed by atoms with Gasteiger partial charge in [0, 0.05) is 19.7 Å². The van der Waals surface area contributed by atoms with Crippen LogP contribution in [0.5, 0.6) is 0 Å². The van der Waals surface area contributed by atoms with E-state index in [2.05, 4.69) is 18.7 Å². The molecule has 2 heterocycles. The Bertz CT molecular complexity index is 177. The lowest BCUT2D eigenvalue weighted by Crippen LogP contribution is -2.61. The first kappa shape index (κ1) is 10.4. The predicted octanol–water partition coefficient (Wildman–Crippen LogP) is 2.29. The van der Waals surface area contributed by atoms with Gasteiger partial charge in [-0.15, -0.1) is 0 Å². The van der Waals surface area contributed by atoms with E-state index < -0.39 is 0 Å². The fraction of sp³-hybridized carbons (Fsp3) is 1.00. The van der Waals surface area contributed by atoms with Crippen LogP contribution < -0.4 is 0 Å². The highest BCUT2D eigenvalue weighted by Gasteiger charge is 2.45. The topological polar surface area (TPSA) is 12.5 Å². The van der Waals surface area contributed by atoms with Crippen LogP contribution in [0.4, 0.5) is 0 Å². The van der Waals surface area contributed by atoms with Crippen molar-refractivity contribution in [2.24, 2.45) is 5.92 Å². The highest BCUT2D eigenvalue weighted by Crippen LogP contribution is 2.34. The van der Waals surface area contributed by atoms with Gasteiger partial charge in [-0.2, -0.15) is 0 Å². The van der Waals surface area contributed by atoms with Gasteiger partial charge >= 0.3 is 0 Å². The molecule has 0 unspecified atom stereocenters. The van der Waals surface area contributed by atoms with Gasteiger partial charge in [0.25, 0.3) is 0 Å². The van der Waals surface area contributed by atoms with Crippen molar-refractivity contribution < 1.29 is 4.74 Å². The van der Waals surface area contributed by atoms with Crippen LogP contribution in [-0.4, -0.2) is 36.7 Å². The molecule has 0 aromatic heterocycles. The molecule has 0 radical (unpaired) electrons. The minimum absolute atomic E-state index is 0.303. The second-order valence-corrected chi connectivity index (χ2v) is 5.38. The zero-order valence-electron chi connectivity index (χ0n) is 9.59. The molecule has 1 spiro atoms. The Hall–Kier alpha value is -0.0800. The van der Waals surface area contributed by atoms with Gasteiger partial charge in [0.2, 0.25) is 0 Å². The Kier molecular flexibility index (Phi) is 3.13. The number of hydrogen-bond donors (Lipinski definition) is 0. The van der Waals surface area contributed by atoms with E-state index >= 15 is 0 Å². The van der Waals surface area contributed by atoms with E-state index in [0.717, 1.165) is 12.5 Å². The number of likely N-dealkylation sites (tertiary alicyclic amines) is 1. The van der Waals surface area contributed by atoms with E-state index in [9.17, 15) is 0 Å². The monoisotopic (exact) mass is 197 g/mol. The molecule has 2 heteroatoms. The number of ether oxygens (including phenoxy) is 1. The summed E-state index contributed by atoms with van der Waals surface area (Å²) >= 11 is 0. The van der Waals surface area contributed by atoms with Gasteiger partial charge in [0.1, 0.15) is 0 Å². The molecular formula is C12H23NO. The molecule has 2 aliphatic rings. The van der Waals surface area contributed by atoms with Gasteiger partial charge < -0.3 is 4.74 Å². The Morgan fingerprint density at radius 2 is 2.14 bits per heavy atom. The van der Waals surface area contributed by atoms with Gasteiger partial charge in [-0.3, -0.25) is 4.90 Å². The van der Waals surface area contributed by atoms with Crippen LogP contribution in [0.25, 0.3) is 0 Å². The number of hydrogen-bond acceptors (Lipinski definition) is 2. The third kappa shape index (κ3) is 2.29. The number of nitrogens with zero attached hydrogens (tertiary/aromatic N) is 1. The first-order chi connectivity index (χ1) is 6.70. The lowest BCUT2D eigenvalue weighted by atomic mass is 9.90. The summed E-state index contributed by atoms with van der Waals surface area (Å²) in [7, 11) is 0. The molecule has 0 atom stereocenters. The van der Waals surface area contributed by atoms with Crippen molar-refractivity contribution in [2.75, 3.05) is 26.2 Å². The van der Waals surface area contributed by atoms with Gasteiger partial charge in [0.05, 0.1) is 5.60 Å². The third-order valence-corrected chi connectivity index (χ3v) is 3.46. The molecule has 0 aromatic rings. The van der Waals surface area contributed by atoms with E-state index in [1.807, 2.05) is 0 Å². The first-order valence-corrected chi connectivity index (χ1v) is 6.07. The predicted molar refractivity (Wildman–Crippen MR) is 58.4 cm³/mol. The maximum absolute atomic E-state index is 5.79. The molecule has 82 valence electrons. The summed E-state index contributed by atoms with van der Waals surface area (Å²) in [6, 6.07) is 0. The molecule has 0 amide bonds. The Morgan fingerprint density at radius 3 is 2.71 bits per heavy atom. The van der Waals surface area contributed by atoms with E-state index in [1.165, 1.54) is 45.3 Å². The highest BCUT2D eigenvalue weighted by atomic mass is 16.5. The summed E-state index contributed by atoms with van der Waals surface area (Å²) in [6.07, 6.45) is 5.30. The van der Waals surface area contributed by atoms with Crippen molar-refractivity contribution in [1.29, 1.82) is 0 Å². The summed E-state index contributed by atoms with van der Waals surface area (Å²) in [5, 5.41) is 0. The van der Waals surface area contributed by atoms with E-state index in [0.29, 0.717) is 5.60 Å². The average Bonchev–Trinajstić information content (AvgIpc) is 2.51. The minimum Gasteiger partial charge on any atom is -0.372 e. The van der Waals surface area contributed by atoms with Crippen LogP contribution in [0.2, 0.25) is 0 Å². The summed E-state index contributed by atoms with van der Waals surface area (Å²) in [4.78, 5) is 2.55. The van der Waals surface area contributed by atoms with Crippen molar-refractivity contribution in [2.45, 2.75) is 45.1 Å². The van der Waals surface area contributed by atoms with Crippen LogP contribution in [0.1, 0.15) is 39.5 Å². The van der Waals surface area contributed by atoms with Crippen LogP contribution in [-0.2, 0) is 4.74 Å². The lowest BCUT2D eigenvalue weighted by Gasteiger charge is -2.47. The second kappa shape index (κ2) is 4.19. The smallest absolute Gasteiger partial charge is 0.0935 e. The Labute approximate surface area is 87.6 Å². The molecule has 2 aliphatic heterocycles. The quantitative estimate of drug-likeness (QED) is 0.685. The molecule has 0 bridgehead atoms. The molecular weight excluding hydrogens is 174 g/mol. The average molecular weight is 197 g/mol. The summed E-state index contributed by atoms with van der Waals surface area (Å²) in [5.74, 6) is 0.855. The minimum atomic E-state index is 0.303. The first-order valence-electron chi connectivity index (χ1n) is 6.07. The fourth-order valence-corrected chi connectivity index (χ4v) is 2.65. The molecule has 2 rings (SSSR count). The van der Waals surface area contributed by atoms with Gasteiger partial charge in [-0.25, -0.2) is 0 Å². The van der Waals surface area contributed by atoms with Crippen molar-refractivity contribution in [3.63, 3.8) is 0 Å². The zero-order valence-corrected chi connectivity index (χ0v) is 9.59. The molecule has 0 N–H and O–H groups in total. The van der Waals surface area contributed by atoms with Gasteiger partial charge in [-0.1, -0.05) is 13.8 Å². The molecule has 0 aromatic carbocycles. The van der Waals surface area contributed by atoms with Crippen LogP contribution in [0, 0.1) is 5.92 Å². The molecule has 14 heavy (non-hydrogen) atoms. The van der Waals surface area contributed by atoms with Crippen molar-refractivity contribution in [1.82, 2.24) is 4.90 Å². The van der Waals surface area contributed by atoms with Crippen molar-refractivity contribution in [3.8, 4) is 0 Å². The normalized spacial score (nSPS) is 25.9. The molecule has 2 nitrogen and oxygen atoms in total. The summed E-state index contributed by atoms with van der Waals surface area (Å²) in [6.45, 7) is 9.29. The second-order valence-electron chi connectivity index (χ2n) is 5.38. The third-order valence-electron chi connectivity index (χ3n) is 3.46. The highest BCUT2D eigenvalue weighted by molar-refractivity contribution is 4.99. The fourth-order valence-electron chi connectivity index (χ4n) is 2.65. The van der Waals surface area contributed by atoms with Crippen LogP contribution >= 0.6 is 0 Å². The van der Waals surface area contributed by atoms with Crippen molar-refractivity contribution in [3.05, 3.63) is 0 Å². The van der Waals surface area contributed by atoms with E-state index in [-0.39, 0.29) is 0 Å². The van der Waals surface area contributed by atoms with Gasteiger partial charge in [-0.05, 0) is 38.1 Å². The van der Waals surface area contributed by atoms with Crippen LogP contribution in [0.15, 0.2) is 0 Å². The maximum atomic E-state index is 5.79. The molecule has 0 saturated carbocycles. The van der Waals surface area contributed by atoms with Crippen molar-refractivity contribution >= 4 is 0 Å². The molecule has 2 saturated heterocycles. The molecule has 2 fully saturated rings. The standard InChI is InChI=1S/C12H23NO/c1-11(2)5-3-7-13-9-12(10-13)6-4-8-14-12/h11H,3-10H2,1-2H3. The van der Waals surface area contributed by atoms with E-state index in [1.54, 1.807) is 0 Å². The zero-order chi connectivity index (χ0) is 10.0. The number of rotatable bonds is 4. The lowest BCUT2D eigenvalue weighted by molar-refractivity contribution is -0.111. The summed E-state index contributed by atoms with van der Waals surface area (Å²) < 4.78 is 5.79. The SMILES string of the molecule is CC(C)CCCN1CC2(CCCO2)C1. The molecule has 0 aliphatic carbocycles. The Balaban J connectivity index is 1.58. The summed E-state index contributed by atoms with van der Waals surface area (Å²) in [5.41, 5.74) is 0.303. The van der Waals surface area contributed by atoms with E-state index in [4.69, 9.17) is 4.74 Å². The maximum Gasteiger partial charge on any atom is 0.0935 e. The largest absolute Gasteiger partial charge is 0.372 e.